The van der Waals surface area contributed by atoms with Gasteiger partial charge in [0.25, 0.3) is 0 Å². The average molecular weight is 416 g/mol. The number of ether oxygens (including phenoxy) is 2. The van der Waals surface area contributed by atoms with Crippen LogP contribution in [-0.2, 0) is 15.8 Å². The topological polar surface area (TPSA) is 78.6 Å². The predicted octanol–water partition coefficient (Wildman–Crippen LogP) is 4.29. The quantitative estimate of drug-likeness (QED) is 0.689. The molecule has 0 bridgehead atoms. The summed E-state index contributed by atoms with van der Waals surface area (Å²) in [5.41, 5.74) is 4.01. The highest BCUT2D eigenvalue weighted by atomic mass is 35.5. The Bertz CT molecular complexity index is 1150. The Labute approximate surface area is 168 Å². The Hall–Kier alpha value is -2.54. The molecule has 0 aromatic heterocycles. The minimum absolute atomic E-state index is 0.249. The van der Waals surface area contributed by atoms with Crippen LogP contribution in [0.5, 0.6) is 11.5 Å². The van der Waals surface area contributed by atoms with Gasteiger partial charge in [0.2, 0.25) is 10.0 Å². The Morgan fingerprint density at radius 1 is 1.11 bits per heavy atom. The van der Waals surface area contributed by atoms with E-state index in [4.69, 9.17) is 26.2 Å². The first-order valence-electron chi connectivity index (χ1n) is 8.59. The Balaban J connectivity index is 1.95. The number of primary sulfonamides is 1. The molecule has 28 heavy (non-hydrogen) atoms. The summed E-state index contributed by atoms with van der Waals surface area (Å²) in [5.74, 6) is 0.925. The van der Waals surface area contributed by atoms with Gasteiger partial charge >= 0.3 is 0 Å². The van der Waals surface area contributed by atoms with Gasteiger partial charge in [-0.25, -0.2) is 13.6 Å². The van der Waals surface area contributed by atoms with Crippen LogP contribution in [0.15, 0.2) is 60.7 Å². The molecule has 0 saturated heterocycles. The van der Waals surface area contributed by atoms with Crippen LogP contribution in [0.25, 0.3) is 11.1 Å². The number of hydrogen-bond donors (Lipinski definition) is 1. The van der Waals surface area contributed by atoms with Crippen LogP contribution in [0.3, 0.4) is 0 Å². The molecule has 0 amide bonds. The van der Waals surface area contributed by atoms with Crippen molar-refractivity contribution in [2.45, 2.75) is 11.9 Å². The molecule has 1 heterocycles. The van der Waals surface area contributed by atoms with E-state index in [0.29, 0.717) is 22.1 Å². The SMILES string of the molecule is COc1c(Cl)ccc2c1-c1ccc(CS(N)(=O)=O)cc1C(c1ccccc1)O2. The lowest BCUT2D eigenvalue weighted by molar-refractivity contribution is 0.242. The zero-order valence-corrected chi connectivity index (χ0v) is 16.6. The second-order valence-corrected chi connectivity index (χ2v) is 8.61. The van der Waals surface area contributed by atoms with E-state index in [-0.39, 0.29) is 5.75 Å². The normalized spacial score (nSPS) is 15.3. The molecule has 0 radical (unpaired) electrons. The van der Waals surface area contributed by atoms with Gasteiger partial charge in [0.05, 0.1) is 23.4 Å². The van der Waals surface area contributed by atoms with Crippen LogP contribution in [0, 0.1) is 0 Å². The third-order valence-electron chi connectivity index (χ3n) is 4.66. The standard InChI is InChI=1S/C21H18ClNO4S/c1-26-21-17(22)9-10-18-19(21)15-8-7-13(12-28(23,24)25)11-16(15)20(27-18)14-5-3-2-4-6-14/h2-11,20H,12H2,1H3,(H2,23,24,25). The van der Waals surface area contributed by atoms with Gasteiger partial charge < -0.3 is 9.47 Å². The van der Waals surface area contributed by atoms with E-state index in [1.807, 2.05) is 48.5 Å². The van der Waals surface area contributed by atoms with Crippen LogP contribution < -0.4 is 14.6 Å². The number of methoxy groups -OCH3 is 1. The molecule has 1 unspecified atom stereocenters. The van der Waals surface area contributed by atoms with Crippen molar-refractivity contribution in [1.29, 1.82) is 0 Å². The molecule has 1 aliphatic rings. The van der Waals surface area contributed by atoms with Gasteiger partial charge in [-0.3, -0.25) is 0 Å². The van der Waals surface area contributed by atoms with Crippen LogP contribution in [-0.4, -0.2) is 15.5 Å². The van der Waals surface area contributed by atoms with Crippen LogP contribution in [0.1, 0.15) is 22.8 Å². The van der Waals surface area contributed by atoms with Gasteiger partial charge in [-0.2, -0.15) is 0 Å². The Morgan fingerprint density at radius 3 is 2.54 bits per heavy atom. The largest absolute Gasteiger partial charge is 0.494 e. The van der Waals surface area contributed by atoms with Crippen LogP contribution in [0.2, 0.25) is 5.02 Å². The lowest BCUT2D eigenvalue weighted by atomic mass is 9.88. The highest BCUT2D eigenvalue weighted by Gasteiger charge is 2.31. The van der Waals surface area contributed by atoms with Crippen molar-refractivity contribution in [3.05, 3.63) is 82.4 Å². The molecule has 4 rings (SSSR count). The molecule has 1 aliphatic heterocycles. The van der Waals surface area contributed by atoms with Crippen molar-refractivity contribution in [2.75, 3.05) is 7.11 Å². The fourth-order valence-electron chi connectivity index (χ4n) is 3.54. The number of sulfonamides is 1. The molecule has 0 fully saturated rings. The molecule has 0 saturated carbocycles. The second kappa shape index (κ2) is 7.13. The highest BCUT2D eigenvalue weighted by Crippen LogP contribution is 2.51. The smallest absolute Gasteiger partial charge is 0.213 e. The summed E-state index contributed by atoms with van der Waals surface area (Å²) in [6.07, 6.45) is -0.394. The van der Waals surface area contributed by atoms with E-state index >= 15 is 0 Å². The molecule has 2 N–H and O–H groups in total. The van der Waals surface area contributed by atoms with E-state index < -0.39 is 16.1 Å². The predicted molar refractivity (Wildman–Crippen MR) is 109 cm³/mol. The zero-order chi connectivity index (χ0) is 19.9. The lowest BCUT2D eigenvalue weighted by Gasteiger charge is -2.31. The number of nitrogens with two attached hydrogens (primary N) is 1. The van der Waals surface area contributed by atoms with Gasteiger partial charge in [0.1, 0.15) is 17.6 Å². The number of benzene rings is 3. The molecule has 5 nitrogen and oxygen atoms in total. The molecule has 0 aliphatic carbocycles. The number of fused-ring (bicyclic) bond motifs is 3. The van der Waals surface area contributed by atoms with Crippen LogP contribution in [0.4, 0.5) is 0 Å². The summed E-state index contributed by atoms with van der Waals surface area (Å²) in [4.78, 5) is 0. The molecule has 3 aromatic rings. The highest BCUT2D eigenvalue weighted by molar-refractivity contribution is 7.88. The Kier molecular flexibility index (Phi) is 4.79. The maximum Gasteiger partial charge on any atom is 0.213 e. The van der Waals surface area contributed by atoms with Gasteiger partial charge in [-0.05, 0) is 28.8 Å². The van der Waals surface area contributed by atoms with E-state index in [2.05, 4.69) is 0 Å². The van der Waals surface area contributed by atoms with Crippen LogP contribution >= 0.6 is 11.6 Å². The fourth-order valence-corrected chi connectivity index (χ4v) is 4.42. The maximum absolute atomic E-state index is 11.6. The van der Waals surface area contributed by atoms with E-state index in [1.165, 1.54) is 0 Å². The fraction of sp³-hybridized carbons (Fsp3) is 0.143. The minimum atomic E-state index is -3.65. The second-order valence-electron chi connectivity index (χ2n) is 6.59. The third kappa shape index (κ3) is 3.46. The summed E-state index contributed by atoms with van der Waals surface area (Å²) in [5, 5.41) is 5.71. The summed E-state index contributed by atoms with van der Waals surface area (Å²) in [6.45, 7) is 0. The first-order valence-corrected chi connectivity index (χ1v) is 10.7. The first-order chi connectivity index (χ1) is 13.4. The van der Waals surface area contributed by atoms with Crippen molar-refractivity contribution >= 4 is 21.6 Å². The monoisotopic (exact) mass is 415 g/mol. The molecule has 0 spiro atoms. The van der Waals surface area contributed by atoms with E-state index in [9.17, 15) is 8.42 Å². The molecular formula is C21H18ClNO4S. The maximum atomic E-state index is 11.6. The van der Waals surface area contributed by atoms with Crippen molar-refractivity contribution in [2.24, 2.45) is 5.14 Å². The van der Waals surface area contributed by atoms with E-state index in [1.54, 1.807) is 19.2 Å². The van der Waals surface area contributed by atoms with Gasteiger partial charge in [0.15, 0.2) is 0 Å². The molecule has 1 atom stereocenters. The lowest BCUT2D eigenvalue weighted by Crippen LogP contribution is -2.18. The van der Waals surface area contributed by atoms with E-state index in [0.717, 1.165) is 22.3 Å². The number of halogens is 1. The Morgan fingerprint density at radius 2 is 1.86 bits per heavy atom. The van der Waals surface area contributed by atoms with Crippen molar-refractivity contribution in [1.82, 2.24) is 0 Å². The average Bonchev–Trinajstić information content (AvgIpc) is 2.66. The number of rotatable bonds is 4. The molecular weight excluding hydrogens is 398 g/mol. The van der Waals surface area contributed by atoms with Gasteiger partial charge in [-0.1, -0.05) is 60.1 Å². The van der Waals surface area contributed by atoms with Crippen molar-refractivity contribution in [3.8, 4) is 22.6 Å². The summed E-state index contributed by atoms with van der Waals surface area (Å²) in [7, 11) is -2.10. The molecule has 3 aromatic carbocycles. The summed E-state index contributed by atoms with van der Waals surface area (Å²) >= 11 is 6.32. The van der Waals surface area contributed by atoms with Crippen molar-refractivity contribution < 1.29 is 17.9 Å². The van der Waals surface area contributed by atoms with Gasteiger partial charge in [0, 0.05) is 5.56 Å². The zero-order valence-electron chi connectivity index (χ0n) is 15.1. The molecule has 7 heteroatoms. The number of hydrogen-bond acceptors (Lipinski definition) is 4. The summed E-state index contributed by atoms with van der Waals surface area (Å²) in [6, 6.07) is 18.7. The third-order valence-corrected chi connectivity index (χ3v) is 5.69. The molecule has 144 valence electrons. The van der Waals surface area contributed by atoms with Gasteiger partial charge in [-0.15, -0.1) is 0 Å². The first kappa shape index (κ1) is 18.8. The minimum Gasteiger partial charge on any atom is -0.494 e. The van der Waals surface area contributed by atoms with Crippen molar-refractivity contribution in [3.63, 3.8) is 0 Å². The summed E-state index contributed by atoms with van der Waals surface area (Å²) < 4.78 is 35.0.